The Morgan fingerprint density at radius 1 is 0.943 bits per heavy atom. The van der Waals surface area contributed by atoms with Gasteiger partial charge in [-0.2, -0.15) is 4.98 Å². The van der Waals surface area contributed by atoms with Crippen LogP contribution in [0.2, 0.25) is 0 Å². The van der Waals surface area contributed by atoms with Crippen LogP contribution in [0, 0.1) is 5.92 Å². The van der Waals surface area contributed by atoms with Crippen molar-refractivity contribution in [1.29, 1.82) is 0 Å². The highest BCUT2D eigenvalue weighted by Gasteiger charge is 2.32. The Labute approximate surface area is 213 Å². The van der Waals surface area contributed by atoms with E-state index in [1.807, 2.05) is 36.7 Å². The quantitative estimate of drug-likeness (QED) is 0.555. The van der Waals surface area contributed by atoms with Crippen molar-refractivity contribution in [2.75, 3.05) is 68.0 Å². The zero-order chi connectivity index (χ0) is 24.4. The van der Waals surface area contributed by atoms with Crippen molar-refractivity contribution in [1.82, 2.24) is 24.8 Å². The molecule has 2 fully saturated rings. The number of benzene rings is 1. The number of piperazine rings is 2. The van der Waals surface area contributed by atoms with Gasteiger partial charge in [0.05, 0.1) is 11.6 Å². The van der Waals surface area contributed by atoms with Gasteiger partial charge in [0.1, 0.15) is 5.82 Å². The van der Waals surface area contributed by atoms with Crippen LogP contribution < -0.4 is 15.1 Å². The van der Waals surface area contributed by atoms with Crippen molar-refractivity contribution in [2.45, 2.75) is 19.9 Å². The highest BCUT2D eigenvalue weighted by Crippen LogP contribution is 2.26. The average Bonchev–Trinajstić information content (AvgIpc) is 2.89. The van der Waals surface area contributed by atoms with Crippen LogP contribution in [0.3, 0.4) is 0 Å². The molecule has 35 heavy (non-hydrogen) atoms. The number of nitrogens with zero attached hydrogens (tertiary/aromatic N) is 7. The SMILES string of the molecule is CC(C)C1CN(c2ccnc(N3CCN(C)CC3)n2)CCN1C(=S)Nc1cccc2ncccc12. The molecule has 0 bridgehead atoms. The van der Waals surface area contributed by atoms with Gasteiger partial charge in [-0.1, -0.05) is 19.9 Å². The second-order valence-electron chi connectivity index (χ2n) is 9.76. The number of aromatic nitrogens is 3. The molecule has 4 heterocycles. The minimum absolute atomic E-state index is 0.277. The number of hydrogen-bond acceptors (Lipinski definition) is 7. The van der Waals surface area contributed by atoms with Gasteiger partial charge >= 0.3 is 0 Å². The van der Waals surface area contributed by atoms with E-state index in [0.717, 1.165) is 79.3 Å². The molecule has 184 valence electrons. The Bertz CT molecular complexity index is 1170. The van der Waals surface area contributed by atoms with E-state index in [1.165, 1.54) is 0 Å². The lowest BCUT2D eigenvalue weighted by Gasteiger charge is -2.45. The third-order valence-electron chi connectivity index (χ3n) is 7.07. The molecule has 2 aromatic heterocycles. The molecule has 5 rings (SSSR count). The first-order valence-electron chi connectivity index (χ1n) is 12.4. The van der Waals surface area contributed by atoms with E-state index in [2.05, 4.69) is 67.9 Å². The summed E-state index contributed by atoms with van der Waals surface area (Å²) < 4.78 is 0. The summed E-state index contributed by atoms with van der Waals surface area (Å²) in [4.78, 5) is 23.4. The Kier molecular flexibility index (Phi) is 6.97. The summed E-state index contributed by atoms with van der Waals surface area (Å²) >= 11 is 5.93. The molecule has 1 N–H and O–H groups in total. The monoisotopic (exact) mass is 490 g/mol. The second kappa shape index (κ2) is 10.3. The number of rotatable bonds is 4. The third kappa shape index (κ3) is 5.16. The van der Waals surface area contributed by atoms with E-state index in [-0.39, 0.29) is 6.04 Å². The second-order valence-corrected chi connectivity index (χ2v) is 10.1. The standard InChI is InChI=1S/C26H34N8S/c1-19(2)23-18-33(24-9-11-28-25(30-24)32-14-12-31(3)13-15-32)16-17-34(23)26(35)29-22-8-4-7-21-20(22)6-5-10-27-21/h4-11,19,23H,12-18H2,1-3H3,(H,29,35). The van der Waals surface area contributed by atoms with Crippen molar-refractivity contribution in [3.05, 3.63) is 48.8 Å². The maximum Gasteiger partial charge on any atom is 0.227 e. The minimum Gasteiger partial charge on any atom is -0.353 e. The largest absolute Gasteiger partial charge is 0.353 e. The maximum atomic E-state index is 5.93. The minimum atomic E-state index is 0.277. The van der Waals surface area contributed by atoms with Crippen molar-refractivity contribution >= 4 is 45.7 Å². The lowest BCUT2D eigenvalue weighted by molar-refractivity contribution is 0.227. The Morgan fingerprint density at radius 2 is 1.74 bits per heavy atom. The van der Waals surface area contributed by atoms with Crippen molar-refractivity contribution in [3.63, 3.8) is 0 Å². The van der Waals surface area contributed by atoms with Crippen LogP contribution in [0.25, 0.3) is 10.9 Å². The first-order valence-corrected chi connectivity index (χ1v) is 12.8. The van der Waals surface area contributed by atoms with E-state index >= 15 is 0 Å². The molecule has 9 heteroatoms. The molecule has 0 aliphatic carbocycles. The van der Waals surface area contributed by atoms with E-state index in [4.69, 9.17) is 17.2 Å². The predicted molar refractivity (Wildman–Crippen MR) is 147 cm³/mol. The molecule has 2 saturated heterocycles. The predicted octanol–water partition coefficient (Wildman–Crippen LogP) is 3.32. The van der Waals surface area contributed by atoms with Crippen LogP contribution >= 0.6 is 12.2 Å². The number of pyridine rings is 1. The molecule has 0 spiro atoms. The molecule has 1 aromatic carbocycles. The van der Waals surface area contributed by atoms with E-state index in [9.17, 15) is 0 Å². The van der Waals surface area contributed by atoms with Gasteiger partial charge in [-0.05, 0) is 55.5 Å². The highest BCUT2D eigenvalue weighted by atomic mass is 32.1. The van der Waals surface area contributed by atoms with Crippen LogP contribution in [0.15, 0.2) is 48.8 Å². The molecule has 3 aromatic rings. The number of hydrogen-bond donors (Lipinski definition) is 1. The fourth-order valence-corrected chi connectivity index (χ4v) is 5.25. The van der Waals surface area contributed by atoms with Gasteiger partial charge in [0.2, 0.25) is 5.95 Å². The Morgan fingerprint density at radius 3 is 2.54 bits per heavy atom. The van der Waals surface area contributed by atoms with Gasteiger partial charge in [0.15, 0.2) is 5.11 Å². The molecule has 0 amide bonds. The molecule has 1 atom stereocenters. The van der Waals surface area contributed by atoms with Gasteiger partial charge in [0.25, 0.3) is 0 Å². The zero-order valence-electron chi connectivity index (χ0n) is 20.8. The molecule has 2 aliphatic heterocycles. The molecular weight excluding hydrogens is 456 g/mol. The van der Waals surface area contributed by atoms with E-state index in [1.54, 1.807) is 0 Å². The van der Waals surface area contributed by atoms with Crippen LogP contribution in [-0.2, 0) is 0 Å². The summed E-state index contributed by atoms with van der Waals surface area (Å²) in [6.45, 7) is 11.1. The summed E-state index contributed by atoms with van der Waals surface area (Å²) in [6, 6.07) is 12.5. The van der Waals surface area contributed by atoms with Gasteiger partial charge in [-0.15, -0.1) is 0 Å². The number of fused-ring (bicyclic) bond motifs is 1. The molecule has 8 nitrogen and oxygen atoms in total. The van der Waals surface area contributed by atoms with E-state index in [0.29, 0.717) is 5.92 Å². The first kappa shape index (κ1) is 23.7. The molecule has 0 radical (unpaired) electrons. The van der Waals surface area contributed by atoms with Gasteiger partial charge in [-0.3, -0.25) is 4.98 Å². The lowest BCUT2D eigenvalue weighted by atomic mass is 10.00. The summed E-state index contributed by atoms with van der Waals surface area (Å²) in [6.07, 6.45) is 3.72. The summed E-state index contributed by atoms with van der Waals surface area (Å²) in [5.41, 5.74) is 1.96. The summed E-state index contributed by atoms with van der Waals surface area (Å²) in [5, 5.41) is 5.35. The molecule has 2 aliphatic rings. The maximum absolute atomic E-state index is 5.93. The van der Waals surface area contributed by atoms with Crippen molar-refractivity contribution in [3.8, 4) is 0 Å². The fourth-order valence-electron chi connectivity index (χ4n) is 4.91. The van der Waals surface area contributed by atoms with Crippen molar-refractivity contribution in [2.24, 2.45) is 5.92 Å². The van der Waals surface area contributed by atoms with Crippen molar-refractivity contribution < 1.29 is 0 Å². The van der Waals surface area contributed by atoms with Crippen LogP contribution in [0.5, 0.6) is 0 Å². The smallest absolute Gasteiger partial charge is 0.227 e. The van der Waals surface area contributed by atoms with Crippen LogP contribution in [0.1, 0.15) is 13.8 Å². The number of anilines is 3. The molecule has 0 saturated carbocycles. The van der Waals surface area contributed by atoms with Gasteiger partial charge in [-0.25, -0.2) is 4.98 Å². The highest BCUT2D eigenvalue weighted by molar-refractivity contribution is 7.80. The molecular formula is C26H34N8S. The first-order chi connectivity index (χ1) is 17.0. The molecule has 1 unspecified atom stereocenters. The van der Waals surface area contributed by atoms with E-state index < -0.39 is 0 Å². The van der Waals surface area contributed by atoms with Gasteiger partial charge < -0.3 is 24.9 Å². The Hall–Kier alpha value is -3.04. The number of nitrogens with one attached hydrogen (secondary N) is 1. The third-order valence-corrected chi connectivity index (χ3v) is 7.41. The summed E-state index contributed by atoms with van der Waals surface area (Å²) in [7, 11) is 2.16. The summed E-state index contributed by atoms with van der Waals surface area (Å²) in [5.74, 6) is 2.27. The number of likely N-dealkylation sites (N-methyl/N-ethyl adjacent to an activating group) is 1. The normalized spacial score (nSPS) is 19.4. The average molecular weight is 491 g/mol. The zero-order valence-corrected chi connectivity index (χ0v) is 21.6. The van der Waals surface area contributed by atoms with Crippen LogP contribution in [-0.4, -0.2) is 88.8 Å². The van der Waals surface area contributed by atoms with Crippen LogP contribution in [0.4, 0.5) is 17.5 Å². The van der Waals surface area contributed by atoms with Gasteiger partial charge in [0, 0.05) is 69.3 Å². The fraction of sp³-hybridized carbons (Fsp3) is 0.462. The Balaban J connectivity index is 1.30. The topological polar surface area (TPSA) is 63.7 Å². The number of thiocarbonyl (C=S) groups is 1. The lowest BCUT2D eigenvalue weighted by Crippen LogP contribution is -2.58.